The van der Waals surface area contributed by atoms with Gasteiger partial charge in [-0.05, 0) is 25.0 Å². The SMILES string of the molecule is CCCC(O)CNc1c(C)cccc1N. The molecule has 4 N–H and O–H groups in total. The second-order valence-corrected chi connectivity index (χ2v) is 3.86. The van der Waals surface area contributed by atoms with Crippen molar-refractivity contribution in [2.75, 3.05) is 17.6 Å². The van der Waals surface area contributed by atoms with E-state index in [0.717, 1.165) is 29.8 Å². The molecule has 0 aromatic heterocycles. The molecule has 1 atom stereocenters. The Kier molecular flexibility index (Phi) is 4.43. The Morgan fingerprint density at radius 3 is 2.80 bits per heavy atom. The van der Waals surface area contributed by atoms with Crippen LogP contribution in [-0.2, 0) is 0 Å². The van der Waals surface area contributed by atoms with Gasteiger partial charge in [0, 0.05) is 6.54 Å². The van der Waals surface area contributed by atoms with Crippen LogP contribution < -0.4 is 11.1 Å². The molecule has 1 aromatic carbocycles. The van der Waals surface area contributed by atoms with Gasteiger partial charge in [0.15, 0.2) is 0 Å². The third-order valence-corrected chi connectivity index (χ3v) is 2.44. The molecule has 0 radical (unpaired) electrons. The van der Waals surface area contributed by atoms with E-state index in [4.69, 9.17) is 5.73 Å². The van der Waals surface area contributed by atoms with E-state index in [1.165, 1.54) is 0 Å². The summed E-state index contributed by atoms with van der Waals surface area (Å²) in [5.41, 5.74) is 8.62. The van der Waals surface area contributed by atoms with E-state index in [2.05, 4.69) is 12.2 Å². The third-order valence-electron chi connectivity index (χ3n) is 2.44. The number of hydrogen-bond donors (Lipinski definition) is 3. The normalized spacial score (nSPS) is 12.5. The molecule has 3 heteroatoms. The Labute approximate surface area is 91.3 Å². The Bertz CT molecular complexity index is 292. The minimum atomic E-state index is -0.297. The van der Waals surface area contributed by atoms with Gasteiger partial charge in [-0.15, -0.1) is 0 Å². The molecule has 0 aliphatic rings. The topological polar surface area (TPSA) is 58.3 Å². The zero-order chi connectivity index (χ0) is 11.3. The van der Waals surface area contributed by atoms with Crippen LogP contribution in [0.5, 0.6) is 0 Å². The van der Waals surface area contributed by atoms with Crippen LogP contribution >= 0.6 is 0 Å². The van der Waals surface area contributed by atoms with Crippen LogP contribution in [-0.4, -0.2) is 17.8 Å². The van der Waals surface area contributed by atoms with Crippen molar-refractivity contribution in [2.45, 2.75) is 32.8 Å². The molecule has 0 saturated carbocycles. The van der Waals surface area contributed by atoms with Gasteiger partial charge < -0.3 is 16.2 Å². The molecule has 15 heavy (non-hydrogen) atoms. The van der Waals surface area contributed by atoms with Crippen LogP contribution in [0.4, 0.5) is 11.4 Å². The minimum absolute atomic E-state index is 0.297. The van der Waals surface area contributed by atoms with Crippen molar-refractivity contribution in [3.05, 3.63) is 23.8 Å². The summed E-state index contributed by atoms with van der Waals surface area (Å²) in [6, 6.07) is 5.80. The number of para-hydroxylation sites is 1. The van der Waals surface area contributed by atoms with Crippen molar-refractivity contribution >= 4 is 11.4 Å². The number of rotatable bonds is 5. The molecular formula is C12H20N2O. The van der Waals surface area contributed by atoms with E-state index in [9.17, 15) is 5.11 Å². The molecule has 84 valence electrons. The first-order valence-electron chi connectivity index (χ1n) is 5.42. The summed E-state index contributed by atoms with van der Waals surface area (Å²) in [6.45, 7) is 4.62. The highest BCUT2D eigenvalue weighted by atomic mass is 16.3. The summed E-state index contributed by atoms with van der Waals surface area (Å²) in [5, 5.41) is 12.8. The molecule has 3 nitrogen and oxygen atoms in total. The van der Waals surface area contributed by atoms with E-state index in [1.54, 1.807) is 0 Å². The van der Waals surface area contributed by atoms with Crippen molar-refractivity contribution in [1.29, 1.82) is 0 Å². The van der Waals surface area contributed by atoms with Crippen LogP contribution in [0.15, 0.2) is 18.2 Å². The highest BCUT2D eigenvalue weighted by Crippen LogP contribution is 2.22. The fourth-order valence-electron chi connectivity index (χ4n) is 1.59. The zero-order valence-electron chi connectivity index (χ0n) is 9.46. The van der Waals surface area contributed by atoms with Gasteiger partial charge in [0.1, 0.15) is 0 Å². The number of nitrogens with one attached hydrogen (secondary N) is 1. The molecule has 0 aliphatic heterocycles. The van der Waals surface area contributed by atoms with Crippen LogP contribution in [0.25, 0.3) is 0 Å². The fourth-order valence-corrected chi connectivity index (χ4v) is 1.59. The summed E-state index contributed by atoms with van der Waals surface area (Å²) in [6.07, 6.45) is 1.51. The van der Waals surface area contributed by atoms with Crippen LogP contribution in [0, 0.1) is 6.92 Å². The maximum absolute atomic E-state index is 9.59. The van der Waals surface area contributed by atoms with E-state index >= 15 is 0 Å². The van der Waals surface area contributed by atoms with Crippen molar-refractivity contribution in [3.8, 4) is 0 Å². The molecule has 0 saturated heterocycles. The molecular weight excluding hydrogens is 188 g/mol. The number of aryl methyl sites for hydroxylation is 1. The number of aliphatic hydroxyl groups is 1. The van der Waals surface area contributed by atoms with E-state index in [1.807, 2.05) is 25.1 Å². The van der Waals surface area contributed by atoms with Crippen molar-refractivity contribution < 1.29 is 5.11 Å². The van der Waals surface area contributed by atoms with Gasteiger partial charge in [-0.1, -0.05) is 25.5 Å². The largest absolute Gasteiger partial charge is 0.397 e. The Morgan fingerprint density at radius 1 is 1.47 bits per heavy atom. The van der Waals surface area contributed by atoms with E-state index in [0.29, 0.717) is 6.54 Å². The minimum Gasteiger partial charge on any atom is -0.397 e. The molecule has 0 bridgehead atoms. The molecule has 1 aromatic rings. The second-order valence-electron chi connectivity index (χ2n) is 3.86. The number of anilines is 2. The lowest BCUT2D eigenvalue weighted by atomic mass is 10.1. The van der Waals surface area contributed by atoms with Crippen LogP contribution in [0.1, 0.15) is 25.3 Å². The Balaban J connectivity index is 2.57. The maximum atomic E-state index is 9.59. The first-order valence-corrected chi connectivity index (χ1v) is 5.42. The average Bonchev–Trinajstić information content (AvgIpc) is 2.17. The van der Waals surface area contributed by atoms with Gasteiger partial charge in [-0.25, -0.2) is 0 Å². The number of aliphatic hydroxyl groups excluding tert-OH is 1. The molecule has 1 unspecified atom stereocenters. The predicted molar refractivity (Wildman–Crippen MR) is 65.0 cm³/mol. The summed E-state index contributed by atoms with van der Waals surface area (Å²) in [4.78, 5) is 0. The molecule has 0 amide bonds. The number of nitrogen functional groups attached to an aromatic ring is 1. The van der Waals surface area contributed by atoms with Gasteiger partial charge in [-0.3, -0.25) is 0 Å². The van der Waals surface area contributed by atoms with E-state index in [-0.39, 0.29) is 6.10 Å². The summed E-state index contributed by atoms with van der Waals surface area (Å²) >= 11 is 0. The van der Waals surface area contributed by atoms with Gasteiger partial charge in [0.05, 0.1) is 17.5 Å². The zero-order valence-corrected chi connectivity index (χ0v) is 9.46. The maximum Gasteiger partial charge on any atom is 0.0712 e. The fraction of sp³-hybridized carbons (Fsp3) is 0.500. The number of benzene rings is 1. The standard InChI is InChI=1S/C12H20N2O/c1-3-5-10(15)8-14-12-9(2)6-4-7-11(12)13/h4,6-7,10,14-15H,3,5,8,13H2,1-2H3. The molecule has 0 aliphatic carbocycles. The van der Waals surface area contributed by atoms with Crippen molar-refractivity contribution in [1.82, 2.24) is 0 Å². The molecule has 0 heterocycles. The summed E-state index contributed by atoms with van der Waals surface area (Å²) < 4.78 is 0. The lowest BCUT2D eigenvalue weighted by molar-refractivity contribution is 0.176. The summed E-state index contributed by atoms with van der Waals surface area (Å²) in [7, 11) is 0. The number of hydrogen-bond acceptors (Lipinski definition) is 3. The highest BCUT2D eigenvalue weighted by molar-refractivity contribution is 5.69. The first kappa shape index (κ1) is 11.9. The Morgan fingerprint density at radius 2 is 2.20 bits per heavy atom. The molecule has 0 fully saturated rings. The smallest absolute Gasteiger partial charge is 0.0712 e. The highest BCUT2D eigenvalue weighted by Gasteiger charge is 2.05. The lowest BCUT2D eigenvalue weighted by Crippen LogP contribution is -2.20. The molecule has 1 rings (SSSR count). The van der Waals surface area contributed by atoms with Crippen molar-refractivity contribution in [2.24, 2.45) is 0 Å². The second kappa shape index (κ2) is 5.61. The van der Waals surface area contributed by atoms with Gasteiger partial charge >= 0.3 is 0 Å². The quantitative estimate of drug-likeness (QED) is 0.650. The van der Waals surface area contributed by atoms with Crippen molar-refractivity contribution in [3.63, 3.8) is 0 Å². The summed E-state index contributed by atoms with van der Waals surface area (Å²) in [5.74, 6) is 0. The first-order chi connectivity index (χ1) is 7.15. The Hall–Kier alpha value is -1.22. The lowest BCUT2D eigenvalue weighted by Gasteiger charge is -2.15. The number of nitrogens with two attached hydrogens (primary N) is 1. The van der Waals surface area contributed by atoms with Crippen LogP contribution in [0.3, 0.4) is 0 Å². The molecule has 0 spiro atoms. The van der Waals surface area contributed by atoms with Gasteiger partial charge in [0.2, 0.25) is 0 Å². The van der Waals surface area contributed by atoms with Gasteiger partial charge in [0.25, 0.3) is 0 Å². The van der Waals surface area contributed by atoms with Crippen LogP contribution in [0.2, 0.25) is 0 Å². The van der Waals surface area contributed by atoms with Gasteiger partial charge in [-0.2, -0.15) is 0 Å². The predicted octanol–water partition coefficient (Wildman–Crippen LogP) is 2.15. The monoisotopic (exact) mass is 208 g/mol. The van der Waals surface area contributed by atoms with E-state index < -0.39 is 0 Å². The average molecular weight is 208 g/mol. The third kappa shape index (κ3) is 3.44.